The quantitative estimate of drug-likeness (QED) is 0.802. The monoisotopic (exact) mass is 396 g/mol. The Balaban J connectivity index is 1.90. The molecule has 2 aromatic rings. The fraction of sp³-hybridized carbons (Fsp3) is 0.294. The Hall–Kier alpha value is -1.27. The van der Waals surface area contributed by atoms with E-state index in [1.165, 1.54) is 0 Å². The van der Waals surface area contributed by atoms with Crippen LogP contribution in [0.4, 0.5) is 0 Å². The summed E-state index contributed by atoms with van der Waals surface area (Å²) < 4.78 is 12.9. The zero-order valence-corrected chi connectivity index (χ0v) is 13.8. The van der Waals surface area contributed by atoms with Crippen LogP contribution in [-0.4, -0.2) is 11.7 Å². The molecule has 1 aliphatic rings. The topological polar surface area (TPSA) is 38.7 Å². The van der Waals surface area contributed by atoms with Crippen LogP contribution in [0.5, 0.6) is 11.5 Å². The summed E-state index contributed by atoms with van der Waals surface area (Å²) in [7, 11) is 0. The fourth-order valence-electron chi connectivity index (χ4n) is 2.49. The van der Waals surface area contributed by atoms with E-state index in [9.17, 15) is 5.11 Å². The highest BCUT2D eigenvalue weighted by molar-refractivity contribution is 14.1. The molecule has 0 aliphatic carbocycles. The Morgan fingerprint density at radius 3 is 2.81 bits per heavy atom. The minimum absolute atomic E-state index is 0.0211. The van der Waals surface area contributed by atoms with Gasteiger partial charge in [-0.3, -0.25) is 0 Å². The summed E-state index contributed by atoms with van der Waals surface area (Å²) >= 11 is 2.28. The normalized spacial score (nSPS) is 13.4. The third-order valence-electron chi connectivity index (χ3n) is 3.58. The maximum absolute atomic E-state index is 9.53. The van der Waals surface area contributed by atoms with Crippen molar-refractivity contribution in [2.45, 2.75) is 26.1 Å². The molecule has 110 valence electrons. The van der Waals surface area contributed by atoms with Gasteiger partial charge in [0.05, 0.1) is 13.2 Å². The first-order valence-electron chi connectivity index (χ1n) is 7.04. The molecule has 0 unspecified atom stereocenters. The average molecular weight is 396 g/mol. The van der Waals surface area contributed by atoms with Gasteiger partial charge in [0.2, 0.25) is 0 Å². The molecule has 21 heavy (non-hydrogen) atoms. The first-order valence-corrected chi connectivity index (χ1v) is 8.12. The van der Waals surface area contributed by atoms with Gasteiger partial charge in [-0.05, 0) is 52.6 Å². The van der Waals surface area contributed by atoms with Crippen molar-refractivity contribution in [3.63, 3.8) is 0 Å². The second-order valence-electron chi connectivity index (χ2n) is 5.04. The molecular weight excluding hydrogens is 379 g/mol. The molecule has 4 heteroatoms. The van der Waals surface area contributed by atoms with Crippen LogP contribution in [0.2, 0.25) is 0 Å². The summed E-state index contributed by atoms with van der Waals surface area (Å²) in [6, 6.07) is 12.0. The molecule has 1 N–H and O–H groups in total. The maximum atomic E-state index is 9.53. The van der Waals surface area contributed by atoms with Gasteiger partial charge in [0.1, 0.15) is 6.61 Å². The van der Waals surface area contributed by atoms with Crippen LogP contribution in [0.25, 0.3) is 0 Å². The first-order chi connectivity index (χ1) is 10.3. The minimum Gasteiger partial charge on any atom is -0.489 e. The average Bonchev–Trinajstić information content (AvgIpc) is 2.55. The van der Waals surface area contributed by atoms with E-state index in [1.54, 1.807) is 0 Å². The molecule has 0 fully saturated rings. The van der Waals surface area contributed by atoms with Crippen LogP contribution >= 0.6 is 22.6 Å². The van der Waals surface area contributed by atoms with Gasteiger partial charge < -0.3 is 14.6 Å². The lowest BCUT2D eigenvalue weighted by atomic mass is 10.0. The van der Waals surface area contributed by atoms with E-state index in [1.807, 2.05) is 36.4 Å². The zero-order chi connectivity index (χ0) is 14.7. The molecule has 1 aliphatic heterocycles. The van der Waals surface area contributed by atoms with Crippen LogP contribution in [0.15, 0.2) is 36.4 Å². The summed E-state index contributed by atoms with van der Waals surface area (Å²) in [5.74, 6) is 1.58. The van der Waals surface area contributed by atoms with Crippen molar-refractivity contribution in [2.24, 2.45) is 0 Å². The molecule has 1 heterocycles. The highest BCUT2D eigenvalue weighted by atomic mass is 127. The number of halogens is 1. The molecule has 0 bridgehead atoms. The number of aliphatic hydroxyl groups excluding tert-OH is 1. The van der Waals surface area contributed by atoms with Crippen molar-refractivity contribution in [1.82, 2.24) is 0 Å². The molecule has 0 saturated heterocycles. The van der Waals surface area contributed by atoms with Gasteiger partial charge in [0, 0.05) is 9.13 Å². The lowest BCUT2D eigenvalue weighted by Gasteiger charge is -2.23. The molecule has 0 saturated carbocycles. The number of hydrogen-bond acceptors (Lipinski definition) is 3. The van der Waals surface area contributed by atoms with E-state index >= 15 is 0 Å². The summed E-state index contributed by atoms with van der Waals surface area (Å²) in [6.07, 6.45) is 1.99. The standard InChI is InChI=1S/C17H17IO3/c18-16-13(10-19)9-15(17-14(16)7-4-8-20-17)21-11-12-5-2-1-3-6-12/h1-3,5-6,9,19H,4,7-8,10-11H2. The van der Waals surface area contributed by atoms with Gasteiger partial charge in [-0.1, -0.05) is 30.3 Å². The van der Waals surface area contributed by atoms with Crippen molar-refractivity contribution >= 4 is 22.6 Å². The van der Waals surface area contributed by atoms with E-state index in [2.05, 4.69) is 22.6 Å². The summed E-state index contributed by atoms with van der Waals surface area (Å²) in [6.45, 7) is 1.25. The molecule has 2 aromatic carbocycles. The van der Waals surface area contributed by atoms with Crippen LogP contribution in [0.3, 0.4) is 0 Å². The second kappa shape index (κ2) is 6.66. The first kappa shape index (κ1) is 14.7. The van der Waals surface area contributed by atoms with E-state index in [-0.39, 0.29) is 6.61 Å². The molecule has 0 radical (unpaired) electrons. The van der Waals surface area contributed by atoms with Gasteiger partial charge in [-0.2, -0.15) is 0 Å². The Bertz CT molecular complexity index is 626. The van der Waals surface area contributed by atoms with Crippen molar-refractivity contribution in [3.05, 3.63) is 56.7 Å². The van der Waals surface area contributed by atoms with Gasteiger partial charge in [0.15, 0.2) is 11.5 Å². The van der Waals surface area contributed by atoms with Crippen molar-refractivity contribution < 1.29 is 14.6 Å². The van der Waals surface area contributed by atoms with E-state index in [0.717, 1.165) is 51.2 Å². The van der Waals surface area contributed by atoms with Gasteiger partial charge >= 0.3 is 0 Å². The van der Waals surface area contributed by atoms with Gasteiger partial charge in [-0.15, -0.1) is 0 Å². The van der Waals surface area contributed by atoms with Crippen LogP contribution in [-0.2, 0) is 19.6 Å². The maximum Gasteiger partial charge on any atom is 0.165 e. The third-order valence-corrected chi connectivity index (χ3v) is 4.92. The number of hydrogen-bond donors (Lipinski definition) is 1. The Morgan fingerprint density at radius 1 is 1.24 bits per heavy atom. The Labute approximate surface area is 138 Å². The molecule has 0 aromatic heterocycles. The zero-order valence-electron chi connectivity index (χ0n) is 11.6. The van der Waals surface area contributed by atoms with E-state index in [0.29, 0.717) is 6.61 Å². The summed E-state index contributed by atoms with van der Waals surface area (Å²) in [5.41, 5.74) is 3.19. The lowest BCUT2D eigenvalue weighted by Crippen LogP contribution is -2.13. The van der Waals surface area contributed by atoms with E-state index in [4.69, 9.17) is 9.47 Å². The molecule has 0 amide bonds. The number of fused-ring (bicyclic) bond motifs is 1. The minimum atomic E-state index is 0.0211. The number of aliphatic hydroxyl groups is 1. The Kier molecular flexibility index (Phi) is 4.65. The summed E-state index contributed by atoms with van der Waals surface area (Å²) in [4.78, 5) is 0. The highest BCUT2D eigenvalue weighted by Gasteiger charge is 2.21. The predicted octanol–water partition coefficient (Wildman–Crippen LogP) is 3.69. The van der Waals surface area contributed by atoms with Gasteiger partial charge in [0.25, 0.3) is 0 Å². The number of benzene rings is 2. The van der Waals surface area contributed by atoms with Crippen molar-refractivity contribution in [1.29, 1.82) is 0 Å². The Morgan fingerprint density at radius 2 is 2.05 bits per heavy atom. The molecule has 0 spiro atoms. The van der Waals surface area contributed by atoms with Crippen LogP contribution < -0.4 is 9.47 Å². The third kappa shape index (κ3) is 3.16. The van der Waals surface area contributed by atoms with Crippen LogP contribution in [0.1, 0.15) is 23.1 Å². The van der Waals surface area contributed by atoms with Gasteiger partial charge in [-0.25, -0.2) is 0 Å². The molecule has 3 nitrogen and oxygen atoms in total. The van der Waals surface area contributed by atoms with E-state index < -0.39 is 0 Å². The highest BCUT2D eigenvalue weighted by Crippen LogP contribution is 2.40. The SMILES string of the molecule is OCc1cc(OCc2ccccc2)c2c(c1I)CCCO2. The van der Waals surface area contributed by atoms with Crippen molar-refractivity contribution in [3.8, 4) is 11.5 Å². The largest absolute Gasteiger partial charge is 0.489 e. The predicted molar refractivity (Wildman–Crippen MR) is 89.7 cm³/mol. The number of rotatable bonds is 4. The molecular formula is C17H17IO3. The summed E-state index contributed by atoms with van der Waals surface area (Å²) in [5, 5.41) is 9.53. The lowest BCUT2D eigenvalue weighted by molar-refractivity contribution is 0.242. The molecule has 3 rings (SSSR count). The molecule has 0 atom stereocenters. The van der Waals surface area contributed by atoms with Crippen molar-refractivity contribution in [2.75, 3.05) is 6.61 Å². The number of ether oxygens (including phenoxy) is 2. The van der Waals surface area contributed by atoms with Crippen LogP contribution in [0, 0.1) is 3.57 Å². The second-order valence-corrected chi connectivity index (χ2v) is 6.12. The smallest absolute Gasteiger partial charge is 0.165 e. The fourth-order valence-corrected chi connectivity index (χ4v) is 3.33.